The van der Waals surface area contributed by atoms with Gasteiger partial charge in [-0.25, -0.2) is 4.39 Å². The number of benzene rings is 1. The van der Waals surface area contributed by atoms with E-state index in [-0.39, 0.29) is 6.04 Å². The van der Waals surface area contributed by atoms with Crippen molar-refractivity contribution in [1.29, 1.82) is 0 Å². The second kappa shape index (κ2) is 3.93. The predicted molar refractivity (Wildman–Crippen MR) is 60.6 cm³/mol. The molecule has 0 spiro atoms. The third-order valence-electron chi connectivity index (χ3n) is 3.21. The average Bonchev–Trinajstić information content (AvgIpc) is 2.17. The van der Waals surface area contributed by atoms with E-state index in [4.69, 9.17) is 5.73 Å². The first-order valence-corrected chi connectivity index (χ1v) is 5.64. The molecule has 1 aliphatic carbocycles. The zero-order chi connectivity index (χ0) is 10.9. The Morgan fingerprint density at radius 2 is 1.80 bits per heavy atom. The molecule has 0 radical (unpaired) electrons. The molecule has 0 bridgehead atoms. The standard InChI is InChI=1S/C13H18FN/c1-2-10-3-5-11(6-4-10)7-13(14)8-12(15)9-13/h3-6,12H,2,7-9,15H2,1H3. The van der Waals surface area contributed by atoms with Gasteiger partial charge in [0.1, 0.15) is 5.67 Å². The highest BCUT2D eigenvalue weighted by atomic mass is 19.1. The van der Waals surface area contributed by atoms with Gasteiger partial charge in [0.15, 0.2) is 0 Å². The topological polar surface area (TPSA) is 26.0 Å². The van der Waals surface area contributed by atoms with E-state index in [1.54, 1.807) is 0 Å². The lowest BCUT2D eigenvalue weighted by Gasteiger charge is -2.39. The van der Waals surface area contributed by atoms with Crippen LogP contribution in [-0.4, -0.2) is 11.7 Å². The molecule has 1 nitrogen and oxygen atoms in total. The SMILES string of the molecule is CCc1ccc(CC2(F)CC(N)C2)cc1. The Morgan fingerprint density at radius 1 is 1.27 bits per heavy atom. The zero-order valence-corrected chi connectivity index (χ0v) is 9.17. The summed E-state index contributed by atoms with van der Waals surface area (Å²) >= 11 is 0. The summed E-state index contributed by atoms with van der Waals surface area (Å²) in [5.74, 6) is 0. The van der Waals surface area contributed by atoms with Crippen molar-refractivity contribution < 1.29 is 4.39 Å². The molecule has 1 aromatic rings. The Balaban J connectivity index is 1.99. The average molecular weight is 207 g/mol. The Morgan fingerprint density at radius 3 is 2.27 bits per heavy atom. The zero-order valence-electron chi connectivity index (χ0n) is 9.17. The van der Waals surface area contributed by atoms with E-state index in [9.17, 15) is 4.39 Å². The lowest BCUT2D eigenvalue weighted by atomic mass is 9.74. The van der Waals surface area contributed by atoms with Crippen LogP contribution in [0.3, 0.4) is 0 Å². The minimum atomic E-state index is -1.03. The number of halogens is 1. The van der Waals surface area contributed by atoms with E-state index in [1.807, 2.05) is 12.1 Å². The Hall–Kier alpha value is -0.890. The molecule has 0 aromatic heterocycles. The molecule has 0 aliphatic heterocycles. The molecule has 2 rings (SSSR count). The number of aryl methyl sites for hydroxylation is 1. The van der Waals surface area contributed by atoms with Gasteiger partial charge < -0.3 is 5.73 Å². The molecule has 1 saturated carbocycles. The number of hydrogen-bond donors (Lipinski definition) is 1. The van der Waals surface area contributed by atoms with Crippen LogP contribution < -0.4 is 5.73 Å². The van der Waals surface area contributed by atoms with E-state index >= 15 is 0 Å². The highest BCUT2D eigenvalue weighted by Gasteiger charge is 2.42. The van der Waals surface area contributed by atoms with Crippen LogP contribution in [0.4, 0.5) is 4.39 Å². The predicted octanol–water partition coefficient (Wildman–Crippen LogP) is 2.62. The summed E-state index contributed by atoms with van der Waals surface area (Å²) in [5.41, 5.74) is 6.97. The number of hydrogen-bond acceptors (Lipinski definition) is 1. The fourth-order valence-corrected chi connectivity index (χ4v) is 2.28. The molecule has 0 unspecified atom stereocenters. The highest BCUT2D eigenvalue weighted by molar-refractivity contribution is 5.24. The quantitative estimate of drug-likeness (QED) is 0.810. The lowest BCUT2D eigenvalue weighted by Crippen LogP contribution is -2.49. The maximum atomic E-state index is 13.9. The van der Waals surface area contributed by atoms with E-state index in [0.29, 0.717) is 19.3 Å². The summed E-state index contributed by atoms with van der Waals surface area (Å²) in [6, 6.07) is 8.30. The minimum absolute atomic E-state index is 0.0740. The van der Waals surface area contributed by atoms with Gasteiger partial charge >= 0.3 is 0 Å². The molecule has 15 heavy (non-hydrogen) atoms. The third-order valence-corrected chi connectivity index (χ3v) is 3.21. The first-order valence-electron chi connectivity index (χ1n) is 5.64. The van der Waals surface area contributed by atoms with Crippen molar-refractivity contribution in [2.45, 2.75) is 44.3 Å². The van der Waals surface area contributed by atoms with Gasteiger partial charge in [0, 0.05) is 12.5 Å². The smallest absolute Gasteiger partial charge is 0.118 e. The number of rotatable bonds is 3. The fourth-order valence-electron chi connectivity index (χ4n) is 2.28. The van der Waals surface area contributed by atoms with Gasteiger partial charge in [0.25, 0.3) is 0 Å². The first kappa shape index (κ1) is 10.6. The van der Waals surface area contributed by atoms with Crippen molar-refractivity contribution in [1.82, 2.24) is 0 Å². The summed E-state index contributed by atoms with van der Waals surface area (Å²) in [6.45, 7) is 2.12. The Bertz CT molecular complexity index is 325. The lowest BCUT2D eigenvalue weighted by molar-refractivity contribution is 0.0444. The summed E-state index contributed by atoms with van der Waals surface area (Å²) < 4.78 is 13.9. The van der Waals surface area contributed by atoms with Crippen molar-refractivity contribution >= 4 is 0 Å². The molecule has 1 fully saturated rings. The van der Waals surface area contributed by atoms with Crippen molar-refractivity contribution in [2.24, 2.45) is 5.73 Å². The van der Waals surface area contributed by atoms with Crippen LogP contribution >= 0.6 is 0 Å². The second-order valence-electron chi connectivity index (χ2n) is 4.67. The maximum Gasteiger partial charge on any atom is 0.118 e. The summed E-state index contributed by atoms with van der Waals surface area (Å²) in [5, 5.41) is 0. The number of nitrogens with two attached hydrogens (primary N) is 1. The molecular formula is C13H18FN. The van der Waals surface area contributed by atoms with Gasteiger partial charge in [-0.15, -0.1) is 0 Å². The maximum absolute atomic E-state index is 13.9. The van der Waals surface area contributed by atoms with E-state index in [1.165, 1.54) is 5.56 Å². The van der Waals surface area contributed by atoms with Gasteiger partial charge in [0.05, 0.1) is 0 Å². The molecule has 1 aliphatic rings. The van der Waals surface area contributed by atoms with Crippen LogP contribution in [0.1, 0.15) is 30.9 Å². The van der Waals surface area contributed by atoms with Crippen LogP contribution in [0.5, 0.6) is 0 Å². The van der Waals surface area contributed by atoms with Crippen LogP contribution in [-0.2, 0) is 12.8 Å². The molecule has 1 aromatic carbocycles. The van der Waals surface area contributed by atoms with E-state index < -0.39 is 5.67 Å². The van der Waals surface area contributed by atoms with Crippen molar-refractivity contribution in [3.8, 4) is 0 Å². The molecule has 0 heterocycles. The van der Waals surface area contributed by atoms with Crippen LogP contribution in [0.25, 0.3) is 0 Å². The summed E-state index contributed by atoms with van der Waals surface area (Å²) in [6.07, 6.45) is 2.58. The minimum Gasteiger partial charge on any atom is -0.327 e. The molecule has 0 amide bonds. The monoisotopic (exact) mass is 207 g/mol. The second-order valence-corrected chi connectivity index (χ2v) is 4.67. The van der Waals surface area contributed by atoms with Crippen LogP contribution in [0, 0.1) is 0 Å². The van der Waals surface area contributed by atoms with Gasteiger partial charge in [-0.2, -0.15) is 0 Å². The van der Waals surface area contributed by atoms with E-state index in [2.05, 4.69) is 19.1 Å². The fraction of sp³-hybridized carbons (Fsp3) is 0.538. The Labute approximate surface area is 90.5 Å². The first-order chi connectivity index (χ1) is 7.11. The van der Waals surface area contributed by atoms with Crippen LogP contribution in [0.15, 0.2) is 24.3 Å². The van der Waals surface area contributed by atoms with Gasteiger partial charge in [-0.05, 0) is 30.4 Å². The Kier molecular flexibility index (Phi) is 2.79. The van der Waals surface area contributed by atoms with E-state index in [0.717, 1.165) is 12.0 Å². The molecule has 82 valence electrons. The van der Waals surface area contributed by atoms with Crippen molar-refractivity contribution in [3.63, 3.8) is 0 Å². The van der Waals surface area contributed by atoms with Crippen molar-refractivity contribution in [3.05, 3.63) is 35.4 Å². The molecule has 2 heteroatoms. The third kappa shape index (κ3) is 2.37. The molecule has 0 atom stereocenters. The van der Waals surface area contributed by atoms with Crippen molar-refractivity contribution in [2.75, 3.05) is 0 Å². The molecule has 0 saturated heterocycles. The normalized spacial score (nSPS) is 29.9. The van der Waals surface area contributed by atoms with Gasteiger partial charge in [0.2, 0.25) is 0 Å². The molecule has 2 N–H and O–H groups in total. The highest BCUT2D eigenvalue weighted by Crippen LogP contribution is 2.37. The summed E-state index contributed by atoms with van der Waals surface area (Å²) in [4.78, 5) is 0. The van der Waals surface area contributed by atoms with Gasteiger partial charge in [-0.3, -0.25) is 0 Å². The molecular weight excluding hydrogens is 189 g/mol. The largest absolute Gasteiger partial charge is 0.327 e. The number of alkyl halides is 1. The van der Waals surface area contributed by atoms with Gasteiger partial charge in [-0.1, -0.05) is 31.2 Å². The van der Waals surface area contributed by atoms with Crippen LogP contribution in [0.2, 0.25) is 0 Å². The summed E-state index contributed by atoms with van der Waals surface area (Å²) in [7, 11) is 0.